The smallest absolute Gasteiger partial charge is 0.319 e. The molecule has 27 heavy (non-hydrogen) atoms. The molecule has 3 rings (SSSR count). The van der Waals surface area contributed by atoms with Gasteiger partial charge in [0.2, 0.25) is 0 Å². The molecule has 0 saturated carbocycles. The third-order valence-electron chi connectivity index (χ3n) is 4.41. The SMILES string of the molecule is Cc1cccc(C)c1OCCCNC(=O)Nc1cccc2c(O)cccc12. The molecule has 140 valence electrons. The summed E-state index contributed by atoms with van der Waals surface area (Å²) in [7, 11) is 0. The zero-order chi connectivity index (χ0) is 19.2. The number of aromatic hydroxyl groups is 1. The second-order valence-electron chi connectivity index (χ2n) is 6.48. The molecule has 0 aliphatic carbocycles. The molecule has 0 radical (unpaired) electrons. The number of urea groups is 1. The summed E-state index contributed by atoms with van der Waals surface area (Å²) < 4.78 is 5.84. The summed E-state index contributed by atoms with van der Waals surface area (Å²) in [6.07, 6.45) is 0.706. The number of anilines is 1. The molecule has 0 fully saturated rings. The van der Waals surface area contributed by atoms with E-state index >= 15 is 0 Å². The lowest BCUT2D eigenvalue weighted by atomic mass is 10.1. The highest BCUT2D eigenvalue weighted by molar-refractivity contribution is 6.03. The van der Waals surface area contributed by atoms with E-state index in [4.69, 9.17) is 4.74 Å². The first-order valence-electron chi connectivity index (χ1n) is 9.01. The first-order valence-corrected chi connectivity index (χ1v) is 9.01. The first kappa shape index (κ1) is 18.6. The number of benzene rings is 3. The van der Waals surface area contributed by atoms with Crippen molar-refractivity contribution in [3.63, 3.8) is 0 Å². The third kappa shape index (κ3) is 4.50. The predicted molar refractivity (Wildman–Crippen MR) is 109 cm³/mol. The Labute approximate surface area is 159 Å². The second kappa shape index (κ2) is 8.45. The minimum atomic E-state index is -0.280. The van der Waals surface area contributed by atoms with Crippen LogP contribution in [0.5, 0.6) is 11.5 Å². The molecule has 0 aromatic heterocycles. The van der Waals surface area contributed by atoms with Crippen molar-refractivity contribution in [1.29, 1.82) is 0 Å². The normalized spacial score (nSPS) is 10.6. The number of hydrogen-bond acceptors (Lipinski definition) is 3. The molecule has 0 aliphatic rings. The van der Waals surface area contributed by atoms with E-state index < -0.39 is 0 Å². The van der Waals surface area contributed by atoms with Gasteiger partial charge in [0, 0.05) is 17.3 Å². The number of fused-ring (bicyclic) bond motifs is 1. The lowest BCUT2D eigenvalue weighted by Gasteiger charge is -2.13. The molecular weight excluding hydrogens is 340 g/mol. The van der Waals surface area contributed by atoms with Crippen molar-refractivity contribution in [1.82, 2.24) is 5.32 Å². The molecule has 0 heterocycles. The Morgan fingerprint density at radius 2 is 1.63 bits per heavy atom. The second-order valence-corrected chi connectivity index (χ2v) is 6.48. The average Bonchev–Trinajstić information content (AvgIpc) is 2.64. The fourth-order valence-electron chi connectivity index (χ4n) is 3.04. The van der Waals surface area contributed by atoms with Gasteiger partial charge in [0.05, 0.1) is 12.3 Å². The van der Waals surface area contributed by atoms with Crippen molar-refractivity contribution in [2.24, 2.45) is 0 Å². The van der Waals surface area contributed by atoms with E-state index in [9.17, 15) is 9.90 Å². The van der Waals surface area contributed by atoms with Gasteiger partial charge in [-0.15, -0.1) is 0 Å². The van der Waals surface area contributed by atoms with Crippen LogP contribution in [-0.2, 0) is 0 Å². The van der Waals surface area contributed by atoms with E-state index in [1.54, 1.807) is 18.2 Å². The number of rotatable bonds is 6. The fraction of sp³-hybridized carbons (Fsp3) is 0.227. The molecule has 0 atom stereocenters. The molecule has 2 amide bonds. The van der Waals surface area contributed by atoms with Crippen molar-refractivity contribution >= 4 is 22.5 Å². The van der Waals surface area contributed by atoms with E-state index in [1.165, 1.54) is 0 Å². The number of amides is 2. The van der Waals surface area contributed by atoms with Gasteiger partial charge in [-0.25, -0.2) is 4.79 Å². The number of carbonyl (C=O) groups excluding carboxylic acids is 1. The highest BCUT2D eigenvalue weighted by Gasteiger charge is 2.07. The van der Waals surface area contributed by atoms with Gasteiger partial charge < -0.3 is 20.5 Å². The van der Waals surface area contributed by atoms with Crippen molar-refractivity contribution in [2.75, 3.05) is 18.5 Å². The summed E-state index contributed by atoms with van der Waals surface area (Å²) in [6, 6.07) is 16.5. The Kier molecular flexibility index (Phi) is 5.81. The van der Waals surface area contributed by atoms with Crippen LogP contribution < -0.4 is 15.4 Å². The number of ether oxygens (including phenoxy) is 1. The van der Waals surface area contributed by atoms with Crippen LogP contribution in [0.1, 0.15) is 17.5 Å². The number of phenols is 1. The van der Waals surface area contributed by atoms with Crippen LogP contribution >= 0.6 is 0 Å². The van der Waals surface area contributed by atoms with E-state index in [0.717, 1.165) is 22.3 Å². The summed E-state index contributed by atoms with van der Waals surface area (Å²) in [5.74, 6) is 1.11. The van der Waals surface area contributed by atoms with Gasteiger partial charge in [0.1, 0.15) is 11.5 Å². The van der Waals surface area contributed by atoms with Gasteiger partial charge in [-0.3, -0.25) is 0 Å². The van der Waals surface area contributed by atoms with Gasteiger partial charge in [-0.1, -0.05) is 42.5 Å². The monoisotopic (exact) mass is 364 g/mol. The quantitative estimate of drug-likeness (QED) is 0.553. The number of phenolic OH excluding ortho intramolecular Hbond substituents is 1. The predicted octanol–water partition coefficient (Wildman–Crippen LogP) is 4.75. The number of aryl methyl sites for hydroxylation is 2. The topological polar surface area (TPSA) is 70.6 Å². The van der Waals surface area contributed by atoms with E-state index in [0.29, 0.717) is 30.6 Å². The maximum Gasteiger partial charge on any atom is 0.319 e. The summed E-state index contributed by atoms with van der Waals surface area (Å²) in [6.45, 7) is 5.09. The Hall–Kier alpha value is -3.21. The maximum atomic E-state index is 12.2. The zero-order valence-electron chi connectivity index (χ0n) is 15.6. The Morgan fingerprint density at radius 3 is 2.41 bits per heavy atom. The molecule has 3 aromatic rings. The summed E-state index contributed by atoms with van der Waals surface area (Å²) >= 11 is 0. The van der Waals surface area contributed by atoms with Crippen molar-refractivity contribution in [3.8, 4) is 11.5 Å². The standard InChI is InChI=1S/C22H24N2O3/c1-15-7-3-8-16(2)21(15)27-14-6-13-23-22(26)24-19-11-4-10-18-17(19)9-5-12-20(18)25/h3-5,7-12,25H,6,13-14H2,1-2H3,(H2,23,24,26). The Morgan fingerprint density at radius 1 is 0.963 bits per heavy atom. The van der Waals surface area contributed by atoms with Crippen LogP contribution in [0.2, 0.25) is 0 Å². The van der Waals surface area contributed by atoms with Crippen LogP contribution in [0.15, 0.2) is 54.6 Å². The molecule has 3 N–H and O–H groups in total. The summed E-state index contributed by atoms with van der Waals surface area (Å²) in [5.41, 5.74) is 2.88. The summed E-state index contributed by atoms with van der Waals surface area (Å²) in [4.78, 5) is 12.2. The largest absolute Gasteiger partial charge is 0.507 e. The van der Waals surface area contributed by atoms with Crippen molar-refractivity contribution in [2.45, 2.75) is 20.3 Å². The number of nitrogens with one attached hydrogen (secondary N) is 2. The molecule has 0 aliphatic heterocycles. The molecule has 0 unspecified atom stereocenters. The van der Waals surface area contributed by atoms with Crippen LogP contribution in [-0.4, -0.2) is 24.3 Å². The van der Waals surface area contributed by atoms with Gasteiger partial charge in [0.25, 0.3) is 0 Å². The summed E-state index contributed by atoms with van der Waals surface area (Å²) in [5, 5.41) is 17.1. The van der Waals surface area contributed by atoms with Gasteiger partial charge in [0.15, 0.2) is 0 Å². The van der Waals surface area contributed by atoms with Crippen molar-refractivity contribution < 1.29 is 14.6 Å². The van der Waals surface area contributed by atoms with E-state index in [2.05, 4.69) is 10.6 Å². The van der Waals surface area contributed by atoms with E-state index in [-0.39, 0.29) is 11.8 Å². The van der Waals surface area contributed by atoms with Crippen LogP contribution in [0, 0.1) is 13.8 Å². The molecule has 0 spiro atoms. The molecular formula is C22H24N2O3. The number of carbonyl (C=O) groups is 1. The molecule has 0 saturated heterocycles. The number of hydrogen-bond donors (Lipinski definition) is 3. The minimum Gasteiger partial charge on any atom is -0.507 e. The highest BCUT2D eigenvalue weighted by atomic mass is 16.5. The van der Waals surface area contributed by atoms with Gasteiger partial charge >= 0.3 is 6.03 Å². The van der Waals surface area contributed by atoms with E-state index in [1.807, 2.05) is 50.2 Å². The van der Waals surface area contributed by atoms with Crippen LogP contribution in [0.3, 0.4) is 0 Å². The third-order valence-corrected chi connectivity index (χ3v) is 4.41. The van der Waals surface area contributed by atoms with Crippen molar-refractivity contribution in [3.05, 3.63) is 65.7 Å². The Balaban J connectivity index is 1.49. The van der Waals surface area contributed by atoms with Gasteiger partial charge in [-0.2, -0.15) is 0 Å². The molecule has 5 nitrogen and oxygen atoms in total. The number of para-hydroxylation sites is 1. The van der Waals surface area contributed by atoms with Crippen LogP contribution in [0.4, 0.5) is 10.5 Å². The Bertz CT molecular complexity index is 933. The first-order chi connectivity index (χ1) is 13.1. The lowest BCUT2D eigenvalue weighted by Crippen LogP contribution is -2.30. The minimum absolute atomic E-state index is 0.195. The fourth-order valence-corrected chi connectivity index (χ4v) is 3.04. The van der Waals surface area contributed by atoms with Crippen LogP contribution in [0.25, 0.3) is 10.8 Å². The van der Waals surface area contributed by atoms with Gasteiger partial charge in [-0.05, 0) is 43.5 Å². The lowest BCUT2D eigenvalue weighted by molar-refractivity contribution is 0.250. The maximum absolute atomic E-state index is 12.2. The molecule has 3 aromatic carbocycles. The zero-order valence-corrected chi connectivity index (χ0v) is 15.6. The molecule has 5 heteroatoms. The average molecular weight is 364 g/mol. The highest BCUT2D eigenvalue weighted by Crippen LogP contribution is 2.29. The molecule has 0 bridgehead atoms.